The zero-order chi connectivity index (χ0) is 20.2. The third kappa shape index (κ3) is 4.67. The third-order valence-electron chi connectivity index (χ3n) is 6.29. The molecule has 0 saturated carbocycles. The van der Waals surface area contributed by atoms with Crippen molar-refractivity contribution in [3.8, 4) is 0 Å². The van der Waals surface area contributed by atoms with Crippen molar-refractivity contribution in [2.75, 3.05) is 52.4 Å². The maximum Gasteiger partial charge on any atom is 0.123 e. The lowest BCUT2D eigenvalue weighted by Gasteiger charge is -2.38. The molecule has 4 nitrogen and oxygen atoms in total. The molecule has 156 valence electrons. The van der Waals surface area contributed by atoms with Crippen LogP contribution in [0.4, 0.5) is 8.78 Å². The molecule has 1 fully saturated rings. The number of halogens is 2. The number of piperazine rings is 1. The molecule has 2 atom stereocenters. The Morgan fingerprint density at radius 1 is 0.897 bits per heavy atom. The second-order valence-corrected chi connectivity index (χ2v) is 8.05. The van der Waals surface area contributed by atoms with E-state index in [1.165, 1.54) is 17.7 Å². The van der Waals surface area contributed by atoms with E-state index in [-0.39, 0.29) is 23.6 Å². The number of nitrogens with two attached hydrogens (primary N) is 1. The van der Waals surface area contributed by atoms with Gasteiger partial charge in [0, 0.05) is 64.3 Å². The monoisotopic (exact) mass is 400 g/mol. The second kappa shape index (κ2) is 9.30. The van der Waals surface area contributed by atoms with Crippen LogP contribution in [0.5, 0.6) is 0 Å². The molecule has 1 aliphatic carbocycles. The van der Waals surface area contributed by atoms with Crippen molar-refractivity contribution in [1.82, 2.24) is 15.1 Å². The molecule has 29 heavy (non-hydrogen) atoms. The Bertz CT molecular complexity index is 803. The summed E-state index contributed by atoms with van der Waals surface area (Å²) in [6.45, 7) is 7.51. The molecule has 6 heteroatoms. The van der Waals surface area contributed by atoms with Crippen molar-refractivity contribution in [1.29, 1.82) is 0 Å². The van der Waals surface area contributed by atoms with Crippen LogP contribution in [-0.4, -0.2) is 62.2 Å². The summed E-state index contributed by atoms with van der Waals surface area (Å²) in [5.41, 5.74) is 8.89. The highest BCUT2D eigenvalue weighted by Gasteiger charge is 2.36. The van der Waals surface area contributed by atoms with Crippen LogP contribution in [0.1, 0.15) is 35.1 Å². The van der Waals surface area contributed by atoms with Crippen molar-refractivity contribution < 1.29 is 8.78 Å². The highest BCUT2D eigenvalue weighted by atomic mass is 19.1. The topological polar surface area (TPSA) is 44.5 Å². The molecule has 1 aliphatic heterocycles. The summed E-state index contributed by atoms with van der Waals surface area (Å²) in [7, 11) is 0. The van der Waals surface area contributed by atoms with Gasteiger partial charge < -0.3 is 11.1 Å². The van der Waals surface area contributed by atoms with E-state index in [4.69, 9.17) is 5.73 Å². The Morgan fingerprint density at radius 2 is 1.62 bits per heavy atom. The first-order valence-corrected chi connectivity index (χ1v) is 10.6. The molecule has 2 aromatic rings. The van der Waals surface area contributed by atoms with Gasteiger partial charge >= 0.3 is 0 Å². The summed E-state index contributed by atoms with van der Waals surface area (Å²) in [6.07, 6.45) is 0.919. The zero-order valence-electron chi connectivity index (χ0n) is 16.8. The minimum Gasteiger partial charge on any atom is -0.329 e. The van der Waals surface area contributed by atoms with Crippen LogP contribution in [0.25, 0.3) is 0 Å². The van der Waals surface area contributed by atoms with E-state index < -0.39 is 0 Å². The lowest BCUT2D eigenvalue weighted by Crippen LogP contribution is -2.49. The lowest BCUT2D eigenvalue weighted by molar-refractivity contribution is 0.0953. The van der Waals surface area contributed by atoms with Gasteiger partial charge in [-0.3, -0.25) is 9.80 Å². The quantitative estimate of drug-likeness (QED) is 0.702. The van der Waals surface area contributed by atoms with E-state index in [0.717, 1.165) is 63.4 Å². The van der Waals surface area contributed by atoms with Gasteiger partial charge in [-0.05, 0) is 47.4 Å². The fourth-order valence-corrected chi connectivity index (χ4v) is 4.75. The summed E-state index contributed by atoms with van der Waals surface area (Å²) in [6, 6.07) is 12.1. The standard InChI is InChI=1S/C23H30F2N4/c24-18-3-1-17(2-4-18)21-16-23(22-15-19(25)5-6-20(21)22)29-13-11-28(12-14-29)10-9-27-8-7-26/h1-6,15,21,23,27H,7-14,16,26H2/t21-,23+/m0/s1. The predicted molar refractivity (Wildman–Crippen MR) is 112 cm³/mol. The van der Waals surface area contributed by atoms with Gasteiger partial charge in [0.2, 0.25) is 0 Å². The SMILES string of the molecule is NCCNCCN1CCN([C@@H]2C[C@@H](c3ccc(F)cc3)c3ccc(F)cc32)CC1. The largest absolute Gasteiger partial charge is 0.329 e. The van der Waals surface area contributed by atoms with Crippen LogP contribution in [0.15, 0.2) is 42.5 Å². The average Bonchev–Trinajstić information content (AvgIpc) is 3.11. The molecule has 0 radical (unpaired) electrons. The summed E-state index contributed by atoms with van der Waals surface area (Å²) >= 11 is 0. The summed E-state index contributed by atoms with van der Waals surface area (Å²) in [5, 5.41) is 3.35. The van der Waals surface area contributed by atoms with Gasteiger partial charge in [0.05, 0.1) is 0 Å². The second-order valence-electron chi connectivity index (χ2n) is 8.05. The van der Waals surface area contributed by atoms with Crippen LogP contribution in [-0.2, 0) is 0 Å². The minimum absolute atomic E-state index is 0.182. The Morgan fingerprint density at radius 3 is 2.34 bits per heavy atom. The molecule has 3 N–H and O–H groups in total. The molecule has 2 aliphatic rings. The van der Waals surface area contributed by atoms with Crippen LogP contribution >= 0.6 is 0 Å². The van der Waals surface area contributed by atoms with Crippen molar-refractivity contribution in [3.63, 3.8) is 0 Å². The first kappa shape index (κ1) is 20.4. The van der Waals surface area contributed by atoms with Gasteiger partial charge in [0.1, 0.15) is 11.6 Å². The molecule has 0 amide bonds. The molecular formula is C23H30F2N4. The number of nitrogens with one attached hydrogen (secondary N) is 1. The number of hydrogen-bond acceptors (Lipinski definition) is 4. The minimum atomic E-state index is -0.222. The fourth-order valence-electron chi connectivity index (χ4n) is 4.75. The van der Waals surface area contributed by atoms with Crippen molar-refractivity contribution >= 4 is 0 Å². The molecular weight excluding hydrogens is 370 g/mol. The van der Waals surface area contributed by atoms with Crippen LogP contribution < -0.4 is 11.1 Å². The van der Waals surface area contributed by atoms with Crippen molar-refractivity contribution in [2.24, 2.45) is 5.73 Å². The van der Waals surface area contributed by atoms with Gasteiger partial charge in [0.15, 0.2) is 0 Å². The molecule has 0 aromatic heterocycles. The van der Waals surface area contributed by atoms with Gasteiger partial charge in [-0.1, -0.05) is 18.2 Å². The molecule has 1 saturated heterocycles. The fraction of sp³-hybridized carbons (Fsp3) is 0.478. The van der Waals surface area contributed by atoms with Crippen molar-refractivity contribution in [2.45, 2.75) is 18.4 Å². The predicted octanol–water partition coefficient (Wildman–Crippen LogP) is 2.71. The summed E-state index contributed by atoms with van der Waals surface area (Å²) in [5.74, 6) is -0.215. The molecule has 2 aromatic carbocycles. The zero-order valence-corrected chi connectivity index (χ0v) is 16.8. The van der Waals surface area contributed by atoms with Crippen molar-refractivity contribution in [3.05, 3.63) is 70.8 Å². The maximum absolute atomic E-state index is 14.1. The van der Waals surface area contributed by atoms with Crippen LogP contribution in [0.2, 0.25) is 0 Å². The number of nitrogens with zero attached hydrogens (tertiary/aromatic N) is 2. The van der Waals surface area contributed by atoms with E-state index in [0.29, 0.717) is 6.54 Å². The smallest absolute Gasteiger partial charge is 0.123 e. The van der Waals surface area contributed by atoms with E-state index in [1.807, 2.05) is 18.2 Å². The molecule has 0 bridgehead atoms. The Hall–Kier alpha value is -1.86. The Kier molecular flexibility index (Phi) is 6.55. The van der Waals surface area contributed by atoms with E-state index >= 15 is 0 Å². The highest BCUT2D eigenvalue weighted by Crippen LogP contribution is 2.47. The van der Waals surface area contributed by atoms with Crippen LogP contribution in [0.3, 0.4) is 0 Å². The first-order chi connectivity index (χ1) is 14.2. The maximum atomic E-state index is 14.1. The lowest BCUT2D eigenvalue weighted by atomic mass is 9.93. The van der Waals surface area contributed by atoms with Crippen LogP contribution in [0, 0.1) is 11.6 Å². The first-order valence-electron chi connectivity index (χ1n) is 10.6. The normalized spacial score (nSPS) is 22.7. The number of fused-ring (bicyclic) bond motifs is 1. The number of benzene rings is 2. The molecule has 0 unspecified atom stereocenters. The number of hydrogen-bond donors (Lipinski definition) is 2. The summed E-state index contributed by atoms with van der Waals surface area (Å²) in [4.78, 5) is 4.96. The van der Waals surface area contributed by atoms with E-state index in [9.17, 15) is 8.78 Å². The Labute approximate surface area is 171 Å². The van der Waals surface area contributed by atoms with E-state index in [1.54, 1.807) is 12.1 Å². The summed E-state index contributed by atoms with van der Waals surface area (Å²) < 4.78 is 27.4. The van der Waals surface area contributed by atoms with Gasteiger partial charge in [-0.2, -0.15) is 0 Å². The molecule has 4 rings (SSSR count). The van der Waals surface area contributed by atoms with Gasteiger partial charge in [0.25, 0.3) is 0 Å². The molecule has 1 heterocycles. The third-order valence-corrected chi connectivity index (χ3v) is 6.29. The Balaban J connectivity index is 1.45. The average molecular weight is 401 g/mol. The van der Waals surface area contributed by atoms with E-state index in [2.05, 4.69) is 15.1 Å². The number of rotatable bonds is 7. The van der Waals surface area contributed by atoms with Gasteiger partial charge in [-0.25, -0.2) is 8.78 Å². The van der Waals surface area contributed by atoms with Gasteiger partial charge in [-0.15, -0.1) is 0 Å². The highest BCUT2D eigenvalue weighted by molar-refractivity contribution is 5.45. The molecule has 0 spiro atoms.